The van der Waals surface area contributed by atoms with Gasteiger partial charge in [0.25, 0.3) is 5.78 Å². The number of hydrogen-bond acceptors (Lipinski definition) is 3. The van der Waals surface area contributed by atoms with Gasteiger partial charge in [0.2, 0.25) is 0 Å². The first-order chi connectivity index (χ1) is 8.52. The van der Waals surface area contributed by atoms with E-state index in [1.807, 2.05) is 0 Å². The highest BCUT2D eigenvalue weighted by atomic mass is 16.4. The number of carbonyl (C=O) groups is 3. The monoisotopic (exact) mass is 248 g/mol. The van der Waals surface area contributed by atoms with Crippen molar-refractivity contribution in [3.8, 4) is 0 Å². The maximum atomic E-state index is 11.8. The van der Waals surface area contributed by atoms with E-state index < -0.39 is 11.8 Å². The first kappa shape index (κ1) is 12.1. The molecule has 0 unspecified atom stereocenters. The Morgan fingerprint density at radius 3 is 2.44 bits per heavy atom. The second kappa shape index (κ2) is 4.48. The average molecular weight is 248 g/mol. The third-order valence-electron chi connectivity index (χ3n) is 2.85. The van der Waals surface area contributed by atoms with Crippen molar-refractivity contribution in [1.82, 2.24) is 4.90 Å². The molecule has 18 heavy (non-hydrogen) atoms. The number of nitrogens with zero attached hydrogens (tertiary/aromatic N) is 2. The molecule has 1 aromatic rings. The lowest BCUT2D eigenvalue weighted by molar-refractivity contribution is -0.131. The smallest absolute Gasteiger partial charge is 0.377 e. The first-order valence-electron chi connectivity index (χ1n) is 5.41. The topological polar surface area (TPSA) is 77.9 Å². The van der Waals surface area contributed by atoms with Gasteiger partial charge in [-0.25, -0.2) is 9.59 Å². The van der Waals surface area contributed by atoms with Gasteiger partial charge in [-0.1, -0.05) is 12.1 Å². The summed E-state index contributed by atoms with van der Waals surface area (Å²) in [6.45, 7) is 0.994. The zero-order valence-corrected chi connectivity index (χ0v) is 9.79. The molecule has 0 saturated carbocycles. The van der Waals surface area contributed by atoms with Crippen LogP contribution in [0.15, 0.2) is 24.3 Å². The standard InChI is InChI=1S/C12H12N2O4/c1-13-6-7-14(12(13)18)9-5-3-2-4-8(9)10(15)11(16)17/h2-5H,6-7H2,1H3,(H,16,17). The van der Waals surface area contributed by atoms with Crippen molar-refractivity contribution in [2.24, 2.45) is 0 Å². The first-order valence-corrected chi connectivity index (χ1v) is 5.41. The van der Waals surface area contributed by atoms with E-state index in [0.29, 0.717) is 18.8 Å². The Hall–Kier alpha value is -2.37. The number of amides is 2. The van der Waals surface area contributed by atoms with Crippen LogP contribution in [0.25, 0.3) is 0 Å². The fourth-order valence-electron chi connectivity index (χ4n) is 1.89. The van der Waals surface area contributed by atoms with E-state index in [2.05, 4.69) is 0 Å². The van der Waals surface area contributed by atoms with Crippen LogP contribution < -0.4 is 4.90 Å². The SMILES string of the molecule is CN1CCN(c2ccccc2C(=O)C(=O)O)C1=O. The number of carboxylic acid groups (broad SMARTS) is 1. The Labute approximate surface area is 103 Å². The van der Waals surface area contributed by atoms with Crippen LogP contribution in [0, 0.1) is 0 Å². The van der Waals surface area contributed by atoms with Crippen LogP contribution in [-0.2, 0) is 4.79 Å². The number of Topliss-reactive ketones (excluding diaryl/α,β-unsaturated/α-hetero) is 1. The molecule has 1 aromatic carbocycles. The fraction of sp³-hybridized carbons (Fsp3) is 0.250. The summed E-state index contributed by atoms with van der Waals surface area (Å²) in [6.07, 6.45) is 0. The van der Waals surface area contributed by atoms with Crippen LogP contribution in [0.5, 0.6) is 0 Å². The third-order valence-corrected chi connectivity index (χ3v) is 2.85. The minimum Gasteiger partial charge on any atom is -0.475 e. The van der Waals surface area contributed by atoms with Gasteiger partial charge in [-0.2, -0.15) is 0 Å². The Morgan fingerprint density at radius 2 is 1.89 bits per heavy atom. The number of carboxylic acids is 1. The van der Waals surface area contributed by atoms with Gasteiger partial charge in [0.15, 0.2) is 0 Å². The number of para-hydroxylation sites is 1. The van der Waals surface area contributed by atoms with Crippen LogP contribution in [-0.4, -0.2) is 47.9 Å². The second-order valence-electron chi connectivity index (χ2n) is 4.01. The molecule has 1 aliphatic heterocycles. The number of carbonyl (C=O) groups excluding carboxylic acids is 2. The molecule has 0 bridgehead atoms. The zero-order valence-electron chi connectivity index (χ0n) is 9.79. The van der Waals surface area contributed by atoms with Gasteiger partial charge in [-0.05, 0) is 12.1 Å². The lowest BCUT2D eigenvalue weighted by Gasteiger charge is -2.18. The summed E-state index contributed by atoms with van der Waals surface area (Å²) in [6, 6.07) is 5.99. The fourth-order valence-corrected chi connectivity index (χ4v) is 1.89. The molecule has 1 fully saturated rings. The maximum Gasteiger partial charge on any atom is 0.377 e. The highest BCUT2D eigenvalue weighted by Gasteiger charge is 2.30. The Balaban J connectivity index is 2.43. The molecule has 0 atom stereocenters. The predicted molar refractivity (Wildman–Crippen MR) is 63.8 cm³/mol. The summed E-state index contributed by atoms with van der Waals surface area (Å²) in [5, 5.41) is 8.76. The van der Waals surface area contributed by atoms with E-state index in [1.165, 1.54) is 15.9 Å². The van der Waals surface area contributed by atoms with Gasteiger partial charge in [0.05, 0.1) is 11.3 Å². The minimum atomic E-state index is -1.53. The molecule has 6 nitrogen and oxygen atoms in total. The molecule has 1 aliphatic rings. The molecule has 94 valence electrons. The number of rotatable bonds is 3. The number of ketones is 1. The van der Waals surface area contributed by atoms with Gasteiger partial charge in [-0.15, -0.1) is 0 Å². The van der Waals surface area contributed by atoms with Gasteiger partial charge in [-0.3, -0.25) is 9.69 Å². The van der Waals surface area contributed by atoms with Crippen molar-refractivity contribution in [3.05, 3.63) is 29.8 Å². The van der Waals surface area contributed by atoms with Gasteiger partial charge >= 0.3 is 12.0 Å². The minimum absolute atomic E-state index is 0.0358. The van der Waals surface area contributed by atoms with Gasteiger partial charge in [0, 0.05) is 20.1 Å². The molecule has 6 heteroatoms. The second-order valence-corrected chi connectivity index (χ2v) is 4.01. The van der Waals surface area contributed by atoms with Gasteiger partial charge < -0.3 is 10.0 Å². The largest absolute Gasteiger partial charge is 0.475 e. The lowest BCUT2D eigenvalue weighted by Crippen LogP contribution is -2.31. The highest BCUT2D eigenvalue weighted by Crippen LogP contribution is 2.24. The molecular weight excluding hydrogens is 236 g/mol. The summed E-state index contributed by atoms with van der Waals surface area (Å²) in [5.74, 6) is -2.53. The van der Waals surface area contributed by atoms with E-state index in [4.69, 9.17) is 5.11 Å². The number of aliphatic carboxylic acids is 1. The van der Waals surface area contributed by atoms with Crippen molar-refractivity contribution in [1.29, 1.82) is 0 Å². The van der Waals surface area contributed by atoms with Crippen LogP contribution in [0.2, 0.25) is 0 Å². The molecule has 0 aliphatic carbocycles. The van der Waals surface area contributed by atoms with Crippen molar-refractivity contribution in [2.45, 2.75) is 0 Å². The van der Waals surface area contributed by atoms with Crippen LogP contribution >= 0.6 is 0 Å². The molecule has 0 radical (unpaired) electrons. The number of likely N-dealkylation sites (N-methyl/N-ethyl adjacent to an activating group) is 1. The van der Waals surface area contributed by atoms with Crippen molar-refractivity contribution >= 4 is 23.5 Å². The molecule has 1 heterocycles. The van der Waals surface area contributed by atoms with Gasteiger partial charge in [0.1, 0.15) is 0 Å². The number of urea groups is 1. The zero-order chi connectivity index (χ0) is 13.3. The van der Waals surface area contributed by atoms with E-state index >= 15 is 0 Å². The highest BCUT2D eigenvalue weighted by molar-refractivity contribution is 6.41. The van der Waals surface area contributed by atoms with Crippen molar-refractivity contribution < 1.29 is 19.5 Å². The lowest BCUT2D eigenvalue weighted by atomic mass is 10.1. The Morgan fingerprint density at radius 1 is 1.22 bits per heavy atom. The molecular formula is C12H12N2O4. The Kier molecular flexibility index (Phi) is 3.01. The number of benzene rings is 1. The molecule has 1 saturated heterocycles. The predicted octanol–water partition coefficient (Wildman–Crippen LogP) is 0.826. The summed E-state index contributed by atoms with van der Waals surface area (Å²) in [5.41, 5.74) is 0.382. The molecule has 1 N–H and O–H groups in total. The molecule has 0 spiro atoms. The number of hydrogen-bond donors (Lipinski definition) is 1. The Bertz CT molecular complexity index is 527. The van der Waals surface area contributed by atoms with Crippen LogP contribution in [0.1, 0.15) is 10.4 Å². The third kappa shape index (κ3) is 1.92. The summed E-state index contributed by atoms with van der Waals surface area (Å²) < 4.78 is 0. The summed E-state index contributed by atoms with van der Waals surface area (Å²) >= 11 is 0. The van der Waals surface area contributed by atoms with E-state index in [9.17, 15) is 14.4 Å². The normalized spacial score (nSPS) is 15.1. The van der Waals surface area contributed by atoms with Crippen molar-refractivity contribution in [2.75, 3.05) is 25.0 Å². The quantitative estimate of drug-likeness (QED) is 0.634. The van der Waals surface area contributed by atoms with E-state index in [0.717, 1.165) is 0 Å². The van der Waals surface area contributed by atoms with E-state index in [-0.39, 0.29) is 11.6 Å². The number of anilines is 1. The molecule has 2 amide bonds. The molecule has 0 aromatic heterocycles. The summed E-state index contributed by atoms with van der Waals surface area (Å²) in [4.78, 5) is 37.1. The molecule has 2 rings (SSSR count). The van der Waals surface area contributed by atoms with Crippen LogP contribution in [0.3, 0.4) is 0 Å². The average Bonchev–Trinajstić information content (AvgIpc) is 2.69. The summed E-state index contributed by atoms with van der Waals surface area (Å²) in [7, 11) is 1.66. The maximum absolute atomic E-state index is 11.8. The van der Waals surface area contributed by atoms with Crippen molar-refractivity contribution in [3.63, 3.8) is 0 Å². The van der Waals surface area contributed by atoms with E-state index in [1.54, 1.807) is 25.2 Å². The van der Waals surface area contributed by atoms with Crippen LogP contribution in [0.4, 0.5) is 10.5 Å².